The fraction of sp³-hybridized carbons (Fsp3) is 0.143. The lowest BCUT2D eigenvalue weighted by Gasteiger charge is -2.08. The molecule has 2 aromatic heterocycles. The van der Waals surface area contributed by atoms with Gasteiger partial charge in [-0.1, -0.05) is 6.08 Å². The first-order valence-electron chi connectivity index (χ1n) is 5.55. The van der Waals surface area contributed by atoms with Crippen LogP contribution in [0.25, 0.3) is 17.3 Å². The van der Waals surface area contributed by atoms with Gasteiger partial charge in [0.2, 0.25) is 11.4 Å². The number of hydrogen-bond acceptors (Lipinski definition) is 1. The Bertz CT molecular complexity index is 530. The molecule has 0 aromatic carbocycles. The van der Waals surface area contributed by atoms with Crippen LogP contribution in [-0.2, 0) is 6.54 Å². The Hall–Kier alpha value is -1.96. The molecule has 1 aliphatic heterocycles. The summed E-state index contributed by atoms with van der Waals surface area (Å²) in [5.41, 5.74) is 3.77. The maximum Gasteiger partial charge on any atom is 0.213 e. The molecule has 0 unspecified atom stereocenters. The Labute approximate surface area is 94.9 Å². The van der Waals surface area contributed by atoms with Gasteiger partial charge in [-0.25, -0.2) is 0 Å². The molecule has 78 valence electrons. The Morgan fingerprint density at radius 2 is 1.94 bits per heavy atom. The van der Waals surface area contributed by atoms with E-state index in [0.29, 0.717) is 0 Å². The monoisotopic (exact) mass is 209 g/mol. The molecular formula is C14H13N2+. The van der Waals surface area contributed by atoms with E-state index >= 15 is 0 Å². The van der Waals surface area contributed by atoms with Crippen molar-refractivity contribution in [2.24, 2.45) is 0 Å². The highest BCUT2D eigenvalue weighted by molar-refractivity contribution is 5.56. The van der Waals surface area contributed by atoms with Crippen molar-refractivity contribution in [2.45, 2.75) is 13.0 Å². The van der Waals surface area contributed by atoms with E-state index in [4.69, 9.17) is 0 Å². The van der Waals surface area contributed by atoms with E-state index in [0.717, 1.165) is 13.0 Å². The predicted octanol–water partition coefficient (Wildman–Crippen LogP) is 2.45. The predicted molar refractivity (Wildman–Crippen MR) is 63.5 cm³/mol. The van der Waals surface area contributed by atoms with Gasteiger partial charge < -0.3 is 0 Å². The van der Waals surface area contributed by atoms with Crippen LogP contribution in [0, 0.1) is 0 Å². The number of rotatable bonds is 1. The first-order valence-corrected chi connectivity index (χ1v) is 5.55. The van der Waals surface area contributed by atoms with Crippen LogP contribution < -0.4 is 4.57 Å². The second-order valence-electron chi connectivity index (χ2n) is 3.91. The van der Waals surface area contributed by atoms with Crippen molar-refractivity contribution in [3.05, 3.63) is 54.5 Å². The van der Waals surface area contributed by atoms with E-state index < -0.39 is 0 Å². The summed E-state index contributed by atoms with van der Waals surface area (Å²) in [7, 11) is 0. The van der Waals surface area contributed by atoms with Crippen LogP contribution in [-0.4, -0.2) is 4.98 Å². The van der Waals surface area contributed by atoms with Gasteiger partial charge >= 0.3 is 0 Å². The maximum atomic E-state index is 4.06. The van der Waals surface area contributed by atoms with Gasteiger partial charge in [-0.3, -0.25) is 4.98 Å². The van der Waals surface area contributed by atoms with Crippen molar-refractivity contribution in [2.75, 3.05) is 0 Å². The second kappa shape index (κ2) is 3.89. The van der Waals surface area contributed by atoms with E-state index in [1.54, 1.807) is 0 Å². The number of allylic oxidation sites excluding steroid dienone is 1. The van der Waals surface area contributed by atoms with Crippen LogP contribution in [0.3, 0.4) is 0 Å². The lowest BCUT2D eigenvalue weighted by atomic mass is 10.1. The molecular weight excluding hydrogens is 196 g/mol. The standard InChI is InChI=1S/C14H13N2/c1-2-11-16-13(4-1)5-3-6-14(16)12-7-9-15-10-8-12/h1,3-10H,2,11H2/q+1. The normalized spacial score (nSPS) is 13.5. The van der Waals surface area contributed by atoms with Gasteiger partial charge in [0.1, 0.15) is 0 Å². The third-order valence-electron chi connectivity index (χ3n) is 2.91. The van der Waals surface area contributed by atoms with E-state index in [-0.39, 0.29) is 0 Å². The van der Waals surface area contributed by atoms with Gasteiger partial charge in [-0.05, 0) is 18.2 Å². The van der Waals surface area contributed by atoms with Gasteiger partial charge in [0.05, 0.1) is 0 Å². The van der Waals surface area contributed by atoms with Crippen LogP contribution in [0.4, 0.5) is 0 Å². The number of hydrogen-bond donors (Lipinski definition) is 0. The number of fused-ring (bicyclic) bond motifs is 1. The number of nitrogens with zero attached hydrogens (tertiary/aromatic N) is 2. The molecule has 0 fully saturated rings. The fourth-order valence-corrected chi connectivity index (χ4v) is 2.13. The summed E-state index contributed by atoms with van der Waals surface area (Å²) in [5, 5.41) is 0. The molecule has 16 heavy (non-hydrogen) atoms. The summed E-state index contributed by atoms with van der Waals surface area (Å²) in [4.78, 5) is 4.06. The van der Waals surface area contributed by atoms with Crippen molar-refractivity contribution >= 4 is 6.08 Å². The molecule has 2 heteroatoms. The number of aromatic nitrogens is 2. The van der Waals surface area contributed by atoms with Crippen molar-refractivity contribution in [1.29, 1.82) is 0 Å². The van der Waals surface area contributed by atoms with Crippen LogP contribution in [0.5, 0.6) is 0 Å². The molecule has 0 aliphatic carbocycles. The number of pyridine rings is 2. The van der Waals surface area contributed by atoms with Gasteiger partial charge in [-0.15, -0.1) is 0 Å². The van der Waals surface area contributed by atoms with Crippen LogP contribution >= 0.6 is 0 Å². The smallest absolute Gasteiger partial charge is 0.213 e. The Morgan fingerprint density at radius 1 is 1.06 bits per heavy atom. The molecule has 0 N–H and O–H groups in total. The molecule has 2 aromatic rings. The third kappa shape index (κ3) is 1.52. The average Bonchev–Trinajstić information content (AvgIpc) is 2.39. The van der Waals surface area contributed by atoms with Gasteiger partial charge in [0, 0.05) is 42.6 Å². The largest absolute Gasteiger partial charge is 0.265 e. The van der Waals surface area contributed by atoms with Gasteiger partial charge in [-0.2, -0.15) is 4.57 Å². The lowest BCUT2D eigenvalue weighted by molar-refractivity contribution is -0.688. The van der Waals surface area contributed by atoms with E-state index in [1.165, 1.54) is 17.0 Å². The molecule has 0 bridgehead atoms. The van der Waals surface area contributed by atoms with E-state index in [1.807, 2.05) is 12.4 Å². The van der Waals surface area contributed by atoms with Crippen LogP contribution in [0.15, 0.2) is 48.8 Å². The van der Waals surface area contributed by atoms with Crippen LogP contribution in [0.2, 0.25) is 0 Å². The van der Waals surface area contributed by atoms with Crippen molar-refractivity contribution in [3.8, 4) is 11.3 Å². The zero-order valence-corrected chi connectivity index (χ0v) is 9.00. The minimum absolute atomic E-state index is 1.06. The third-order valence-corrected chi connectivity index (χ3v) is 2.91. The Kier molecular flexibility index (Phi) is 2.26. The summed E-state index contributed by atoms with van der Waals surface area (Å²) in [6.45, 7) is 1.06. The van der Waals surface area contributed by atoms with Gasteiger partial charge in [0.25, 0.3) is 0 Å². The highest BCUT2D eigenvalue weighted by Gasteiger charge is 2.17. The van der Waals surface area contributed by atoms with E-state index in [2.05, 4.69) is 52.0 Å². The second-order valence-corrected chi connectivity index (χ2v) is 3.91. The van der Waals surface area contributed by atoms with Crippen LogP contribution in [0.1, 0.15) is 12.1 Å². The summed E-state index contributed by atoms with van der Waals surface area (Å²) >= 11 is 0. The molecule has 0 atom stereocenters. The van der Waals surface area contributed by atoms with Crippen molar-refractivity contribution in [1.82, 2.24) is 4.98 Å². The minimum Gasteiger partial charge on any atom is -0.265 e. The first-order chi connectivity index (χ1) is 7.95. The van der Waals surface area contributed by atoms with E-state index in [9.17, 15) is 0 Å². The average molecular weight is 209 g/mol. The lowest BCUT2D eigenvalue weighted by Crippen LogP contribution is -2.40. The van der Waals surface area contributed by atoms with Crippen molar-refractivity contribution < 1.29 is 4.57 Å². The first kappa shape index (κ1) is 9.28. The molecule has 3 rings (SSSR count). The zero-order valence-electron chi connectivity index (χ0n) is 9.00. The minimum atomic E-state index is 1.06. The summed E-state index contributed by atoms with van der Waals surface area (Å²) in [6.07, 6.45) is 9.21. The molecule has 3 heterocycles. The molecule has 0 saturated heterocycles. The van der Waals surface area contributed by atoms with Crippen molar-refractivity contribution in [3.63, 3.8) is 0 Å². The zero-order chi connectivity index (χ0) is 10.8. The Balaban J connectivity index is 2.19. The highest BCUT2D eigenvalue weighted by Crippen LogP contribution is 2.16. The Morgan fingerprint density at radius 3 is 2.81 bits per heavy atom. The summed E-state index contributed by atoms with van der Waals surface area (Å²) in [5.74, 6) is 0. The molecule has 1 aliphatic rings. The molecule has 0 amide bonds. The molecule has 2 nitrogen and oxygen atoms in total. The quantitative estimate of drug-likeness (QED) is 0.659. The maximum absolute atomic E-state index is 4.06. The topological polar surface area (TPSA) is 16.8 Å². The summed E-state index contributed by atoms with van der Waals surface area (Å²) < 4.78 is 2.36. The SMILES string of the molecule is C1=Cc2cccc(-c3ccncc3)[n+]2CC1. The highest BCUT2D eigenvalue weighted by atomic mass is 15.0. The molecule has 0 saturated carbocycles. The summed E-state index contributed by atoms with van der Waals surface area (Å²) in [6, 6.07) is 10.5. The molecule has 0 radical (unpaired) electrons. The van der Waals surface area contributed by atoms with Gasteiger partial charge in [0.15, 0.2) is 6.54 Å². The fourth-order valence-electron chi connectivity index (χ4n) is 2.13. The molecule has 0 spiro atoms.